The zero-order valence-electron chi connectivity index (χ0n) is 7.94. The summed E-state index contributed by atoms with van der Waals surface area (Å²) in [6.45, 7) is 0. The molecule has 1 heterocycles. The Morgan fingerprint density at radius 3 is 2.50 bits per heavy atom. The van der Waals surface area contributed by atoms with Gasteiger partial charge in [0.15, 0.2) is 0 Å². The summed E-state index contributed by atoms with van der Waals surface area (Å²) in [4.78, 5) is 22.0. The number of thioether (sulfide) groups is 1. The Balaban J connectivity index is 2.36. The number of hydrogen-bond donors (Lipinski definition) is 2. The minimum atomic E-state index is -1.09. The van der Waals surface area contributed by atoms with Crippen LogP contribution in [-0.2, 0) is 9.59 Å². The van der Waals surface area contributed by atoms with Gasteiger partial charge in [-0.3, -0.25) is 9.59 Å². The maximum atomic E-state index is 11.6. The number of ketones is 1. The fourth-order valence-corrected chi connectivity index (χ4v) is 2.60. The van der Waals surface area contributed by atoms with Crippen LogP contribution in [-0.4, -0.2) is 34.4 Å². The van der Waals surface area contributed by atoms with Crippen molar-refractivity contribution >= 4 is 23.5 Å². The lowest BCUT2D eigenvalue weighted by Crippen LogP contribution is -2.35. The first-order chi connectivity index (χ1) is 6.61. The van der Waals surface area contributed by atoms with Gasteiger partial charge in [-0.1, -0.05) is 0 Å². The molecule has 4 nitrogen and oxygen atoms in total. The Kier molecular flexibility index (Phi) is 4.41. The van der Waals surface area contributed by atoms with Crippen LogP contribution in [0.2, 0.25) is 0 Å². The van der Waals surface area contributed by atoms with Gasteiger partial charge in [-0.05, 0) is 24.3 Å². The Hall–Kier alpha value is -0.550. The van der Waals surface area contributed by atoms with Crippen LogP contribution < -0.4 is 5.73 Å². The molecule has 0 aromatic carbocycles. The molecule has 1 atom stereocenters. The summed E-state index contributed by atoms with van der Waals surface area (Å²) in [7, 11) is 0. The van der Waals surface area contributed by atoms with Gasteiger partial charge < -0.3 is 10.8 Å². The zero-order chi connectivity index (χ0) is 10.6. The van der Waals surface area contributed by atoms with Gasteiger partial charge in [0.05, 0.1) is 0 Å². The number of carboxylic acids is 1. The van der Waals surface area contributed by atoms with E-state index in [1.807, 2.05) is 11.8 Å². The molecule has 1 fully saturated rings. The molecule has 0 aliphatic carbocycles. The van der Waals surface area contributed by atoms with Gasteiger partial charge in [0.25, 0.3) is 0 Å². The molecule has 5 heteroatoms. The number of rotatable bonds is 4. The molecule has 1 saturated heterocycles. The molecule has 0 bridgehead atoms. The number of carbonyl (C=O) groups excluding carboxylic acids is 1. The highest BCUT2D eigenvalue weighted by atomic mass is 32.2. The van der Waals surface area contributed by atoms with Crippen molar-refractivity contribution in [3.8, 4) is 0 Å². The second-order valence-electron chi connectivity index (χ2n) is 3.50. The topological polar surface area (TPSA) is 80.4 Å². The molecule has 0 radical (unpaired) electrons. The van der Waals surface area contributed by atoms with Gasteiger partial charge >= 0.3 is 5.97 Å². The predicted octanol–water partition coefficient (Wildman–Crippen LogP) is 0.501. The largest absolute Gasteiger partial charge is 0.480 e. The van der Waals surface area contributed by atoms with Crippen molar-refractivity contribution in [2.24, 2.45) is 11.7 Å². The monoisotopic (exact) mass is 217 g/mol. The lowest BCUT2D eigenvalue weighted by molar-refractivity contribution is -0.140. The Labute approximate surface area is 87.2 Å². The standard InChI is InChI=1S/C9H15NO3S/c10-7(9(12)13)5-8(11)6-1-3-14-4-2-6/h6-7H,1-5,10H2,(H,12,13). The Morgan fingerprint density at radius 2 is 2.00 bits per heavy atom. The van der Waals surface area contributed by atoms with Gasteiger partial charge in [-0.2, -0.15) is 11.8 Å². The number of hydrogen-bond acceptors (Lipinski definition) is 4. The van der Waals surface area contributed by atoms with Crippen molar-refractivity contribution in [1.82, 2.24) is 0 Å². The van der Waals surface area contributed by atoms with E-state index in [9.17, 15) is 9.59 Å². The fourth-order valence-electron chi connectivity index (χ4n) is 1.49. The molecule has 3 N–H and O–H groups in total. The summed E-state index contributed by atoms with van der Waals surface area (Å²) in [5, 5.41) is 8.55. The smallest absolute Gasteiger partial charge is 0.320 e. The van der Waals surface area contributed by atoms with E-state index < -0.39 is 12.0 Å². The predicted molar refractivity (Wildman–Crippen MR) is 55.3 cm³/mol. The first-order valence-corrected chi connectivity index (χ1v) is 5.85. The van der Waals surface area contributed by atoms with Crippen molar-refractivity contribution in [3.63, 3.8) is 0 Å². The van der Waals surface area contributed by atoms with E-state index in [0.29, 0.717) is 0 Å². The second kappa shape index (κ2) is 5.36. The summed E-state index contributed by atoms with van der Waals surface area (Å²) in [5.41, 5.74) is 5.30. The van der Waals surface area contributed by atoms with Crippen LogP contribution in [0.25, 0.3) is 0 Å². The van der Waals surface area contributed by atoms with E-state index in [4.69, 9.17) is 10.8 Å². The van der Waals surface area contributed by atoms with Crippen LogP contribution >= 0.6 is 11.8 Å². The van der Waals surface area contributed by atoms with E-state index in [1.165, 1.54) is 0 Å². The third-order valence-corrected chi connectivity index (χ3v) is 3.46. The van der Waals surface area contributed by atoms with Gasteiger partial charge in [0.1, 0.15) is 11.8 Å². The summed E-state index contributed by atoms with van der Waals surface area (Å²) < 4.78 is 0. The molecule has 14 heavy (non-hydrogen) atoms. The number of Topliss-reactive ketones (excluding diaryl/α,β-unsaturated/α-hetero) is 1. The average molecular weight is 217 g/mol. The summed E-state index contributed by atoms with van der Waals surface area (Å²) in [6.07, 6.45) is 1.72. The third-order valence-electron chi connectivity index (χ3n) is 2.41. The van der Waals surface area contributed by atoms with Crippen LogP contribution in [0.3, 0.4) is 0 Å². The van der Waals surface area contributed by atoms with Crippen molar-refractivity contribution in [2.45, 2.75) is 25.3 Å². The molecule has 0 spiro atoms. The molecule has 0 aromatic heterocycles. The van der Waals surface area contributed by atoms with Gasteiger partial charge in [0, 0.05) is 12.3 Å². The molecule has 0 aromatic rings. The Morgan fingerprint density at radius 1 is 1.43 bits per heavy atom. The van der Waals surface area contributed by atoms with Crippen molar-refractivity contribution in [2.75, 3.05) is 11.5 Å². The number of aliphatic carboxylic acids is 1. The molecular weight excluding hydrogens is 202 g/mol. The first-order valence-electron chi connectivity index (χ1n) is 4.70. The normalized spacial score (nSPS) is 20.4. The summed E-state index contributed by atoms with van der Waals surface area (Å²) in [5.74, 6) is 0.961. The van der Waals surface area contributed by atoms with Gasteiger partial charge in [0.2, 0.25) is 0 Å². The van der Waals surface area contributed by atoms with Crippen molar-refractivity contribution < 1.29 is 14.7 Å². The van der Waals surface area contributed by atoms with Crippen LogP contribution in [0, 0.1) is 5.92 Å². The average Bonchev–Trinajstić information content (AvgIpc) is 2.19. The SMILES string of the molecule is NC(CC(=O)C1CCSCC1)C(=O)O. The first kappa shape index (κ1) is 11.5. The zero-order valence-corrected chi connectivity index (χ0v) is 8.76. The van der Waals surface area contributed by atoms with E-state index in [1.54, 1.807) is 0 Å². The molecule has 0 saturated carbocycles. The van der Waals surface area contributed by atoms with Crippen molar-refractivity contribution in [3.05, 3.63) is 0 Å². The Bertz CT molecular complexity index is 226. The highest BCUT2D eigenvalue weighted by Crippen LogP contribution is 2.24. The highest BCUT2D eigenvalue weighted by molar-refractivity contribution is 7.99. The van der Waals surface area contributed by atoms with Crippen molar-refractivity contribution in [1.29, 1.82) is 0 Å². The van der Waals surface area contributed by atoms with E-state index >= 15 is 0 Å². The van der Waals surface area contributed by atoms with Crippen LogP contribution in [0.15, 0.2) is 0 Å². The number of nitrogens with two attached hydrogens (primary N) is 1. The van der Waals surface area contributed by atoms with Gasteiger partial charge in [-0.15, -0.1) is 0 Å². The molecule has 1 aliphatic rings. The summed E-state index contributed by atoms with van der Waals surface area (Å²) in [6, 6.07) is -1.03. The maximum absolute atomic E-state index is 11.6. The number of carboxylic acid groups (broad SMARTS) is 1. The molecule has 1 rings (SSSR count). The molecule has 1 aliphatic heterocycles. The lowest BCUT2D eigenvalue weighted by atomic mass is 9.93. The molecule has 1 unspecified atom stereocenters. The lowest BCUT2D eigenvalue weighted by Gasteiger charge is -2.20. The molecule has 0 amide bonds. The van der Waals surface area contributed by atoms with Crippen LogP contribution in [0.4, 0.5) is 0 Å². The fraction of sp³-hybridized carbons (Fsp3) is 0.778. The minimum Gasteiger partial charge on any atom is -0.480 e. The van der Waals surface area contributed by atoms with Gasteiger partial charge in [-0.25, -0.2) is 0 Å². The maximum Gasteiger partial charge on any atom is 0.320 e. The number of carbonyl (C=O) groups is 2. The van der Waals surface area contributed by atoms with E-state index in [0.717, 1.165) is 24.3 Å². The minimum absolute atomic E-state index is 0.0141. The van der Waals surface area contributed by atoms with Crippen LogP contribution in [0.1, 0.15) is 19.3 Å². The van der Waals surface area contributed by atoms with E-state index in [-0.39, 0.29) is 18.1 Å². The molecule has 80 valence electrons. The van der Waals surface area contributed by atoms with Crippen LogP contribution in [0.5, 0.6) is 0 Å². The third kappa shape index (κ3) is 3.31. The molecular formula is C9H15NO3S. The quantitative estimate of drug-likeness (QED) is 0.716. The second-order valence-corrected chi connectivity index (χ2v) is 4.73. The summed E-state index contributed by atoms with van der Waals surface area (Å²) >= 11 is 1.84. The van der Waals surface area contributed by atoms with E-state index in [2.05, 4.69) is 0 Å². The highest BCUT2D eigenvalue weighted by Gasteiger charge is 2.25.